The number of aryl methyl sites for hydroxylation is 1. The predicted octanol–water partition coefficient (Wildman–Crippen LogP) is 4.33. The summed E-state index contributed by atoms with van der Waals surface area (Å²) in [7, 11) is 5.04. The minimum absolute atomic E-state index is 0.0652. The molecule has 1 fully saturated rings. The smallest absolute Gasteiger partial charge is 0.294 e. The molecule has 2 heterocycles. The zero-order valence-corrected chi connectivity index (χ0v) is 24.9. The van der Waals surface area contributed by atoms with Crippen LogP contribution in [0.5, 0.6) is 0 Å². The normalized spacial score (nSPS) is 16.6. The van der Waals surface area contributed by atoms with E-state index in [1.165, 1.54) is 0 Å². The van der Waals surface area contributed by atoms with Crippen LogP contribution in [-0.2, 0) is 14.3 Å². The maximum Gasteiger partial charge on any atom is 0.294 e. The summed E-state index contributed by atoms with van der Waals surface area (Å²) in [6.45, 7) is 4.94. The molecule has 0 spiro atoms. The number of hydrogen-bond donors (Lipinski definition) is 2. The lowest BCUT2D eigenvalue weighted by molar-refractivity contribution is -0.135. The van der Waals surface area contributed by atoms with Crippen LogP contribution >= 0.6 is 0 Å². The molecule has 1 aliphatic rings. The van der Waals surface area contributed by atoms with E-state index in [4.69, 9.17) is 9.15 Å². The molecule has 0 bridgehead atoms. The van der Waals surface area contributed by atoms with Gasteiger partial charge in [0.15, 0.2) is 0 Å². The van der Waals surface area contributed by atoms with Gasteiger partial charge in [-0.05, 0) is 63.3 Å². The molecule has 0 radical (unpaired) electrons. The topological polar surface area (TPSA) is 134 Å². The van der Waals surface area contributed by atoms with Gasteiger partial charge in [-0.1, -0.05) is 12.1 Å². The first-order chi connectivity index (χ1) is 20.1. The van der Waals surface area contributed by atoms with Gasteiger partial charge in [0.1, 0.15) is 17.1 Å². The van der Waals surface area contributed by atoms with Gasteiger partial charge < -0.3 is 29.6 Å². The first kappa shape index (κ1) is 30.7. The Labute approximate surface area is 245 Å². The van der Waals surface area contributed by atoms with Gasteiger partial charge in [0.05, 0.1) is 17.6 Å². The Morgan fingerprint density at radius 2 is 1.74 bits per heavy atom. The van der Waals surface area contributed by atoms with Crippen molar-refractivity contribution < 1.29 is 28.3 Å². The number of anilines is 2. The molecule has 3 aromatic rings. The lowest BCUT2D eigenvalue weighted by Gasteiger charge is -2.28. The fourth-order valence-corrected chi connectivity index (χ4v) is 5.29. The Morgan fingerprint density at radius 3 is 2.36 bits per heavy atom. The Hall–Kier alpha value is -4.25. The minimum Gasteiger partial charge on any atom is -0.449 e. The summed E-state index contributed by atoms with van der Waals surface area (Å²) in [4.78, 5) is 60.6. The van der Waals surface area contributed by atoms with Crippen molar-refractivity contribution >= 4 is 46.1 Å². The average molecular weight is 578 g/mol. The number of hydrogen-bond acceptors (Lipinski definition) is 7. The maximum absolute atomic E-state index is 13.7. The van der Waals surface area contributed by atoms with Crippen molar-refractivity contribution in [2.75, 3.05) is 51.5 Å². The number of methoxy groups -OCH3 is 1. The number of furan rings is 1. The number of amides is 4. The Kier molecular flexibility index (Phi) is 9.95. The van der Waals surface area contributed by atoms with Crippen LogP contribution in [-0.4, -0.2) is 79.3 Å². The Balaban J connectivity index is 1.69. The van der Waals surface area contributed by atoms with E-state index < -0.39 is 5.91 Å². The van der Waals surface area contributed by atoms with Gasteiger partial charge in [0, 0.05) is 52.3 Å². The quantitative estimate of drug-likeness (QED) is 0.366. The standard InChI is InChI=1S/C31H39N5O6/c1-6-36(16-17-41-5)31(40)22-8-7-9-23-25(22)26(27(42-23)29(38)33-24-15-10-19(2)18-32-24)34-28(37)20-11-13-21(14-12-20)30(39)35(3)4/h7-10,15,18,20-21H,6,11-14,16-17H2,1-5H3,(H,34,37)(H,32,33,38). The molecule has 0 aliphatic heterocycles. The number of carbonyl (C=O) groups is 4. The monoisotopic (exact) mass is 577 g/mol. The third kappa shape index (κ3) is 6.79. The second-order valence-electron chi connectivity index (χ2n) is 10.8. The van der Waals surface area contributed by atoms with Crippen LogP contribution in [0, 0.1) is 18.8 Å². The van der Waals surface area contributed by atoms with Crippen LogP contribution in [0.2, 0.25) is 0 Å². The molecule has 0 saturated heterocycles. The second kappa shape index (κ2) is 13.6. The lowest BCUT2D eigenvalue weighted by Crippen LogP contribution is -2.35. The Bertz CT molecular complexity index is 1440. The molecule has 0 unspecified atom stereocenters. The van der Waals surface area contributed by atoms with Crippen LogP contribution < -0.4 is 10.6 Å². The highest BCUT2D eigenvalue weighted by Gasteiger charge is 2.33. The number of nitrogens with one attached hydrogen (secondary N) is 2. The molecular formula is C31H39N5O6. The van der Waals surface area contributed by atoms with Gasteiger partial charge in [-0.2, -0.15) is 0 Å². The van der Waals surface area contributed by atoms with E-state index in [0.29, 0.717) is 67.7 Å². The fourth-order valence-electron chi connectivity index (χ4n) is 5.29. The molecule has 1 aromatic carbocycles. The van der Waals surface area contributed by atoms with Gasteiger partial charge in [0.25, 0.3) is 11.8 Å². The average Bonchev–Trinajstić information content (AvgIpc) is 3.36. The van der Waals surface area contributed by atoms with Gasteiger partial charge in [-0.15, -0.1) is 0 Å². The van der Waals surface area contributed by atoms with Crippen LogP contribution in [0.1, 0.15) is 59.1 Å². The number of pyridine rings is 1. The maximum atomic E-state index is 13.7. The van der Waals surface area contributed by atoms with Crippen molar-refractivity contribution in [1.82, 2.24) is 14.8 Å². The van der Waals surface area contributed by atoms with Crippen LogP contribution in [0.15, 0.2) is 40.9 Å². The largest absolute Gasteiger partial charge is 0.449 e. The molecule has 2 N–H and O–H groups in total. The van der Waals surface area contributed by atoms with E-state index in [1.54, 1.807) is 61.5 Å². The number of likely N-dealkylation sites (N-methyl/N-ethyl adjacent to an activating group) is 1. The molecule has 42 heavy (non-hydrogen) atoms. The first-order valence-corrected chi connectivity index (χ1v) is 14.2. The zero-order chi connectivity index (χ0) is 30.4. The number of aromatic nitrogens is 1. The molecule has 2 aromatic heterocycles. The summed E-state index contributed by atoms with van der Waals surface area (Å²) >= 11 is 0. The number of benzene rings is 1. The van der Waals surface area contributed by atoms with Crippen LogP contribution in [0.25, 0.3) is 11.0 Å². The highest BCUT2D eigenvalue weighted by atomic mass is 16.5. The number of nitrogens with zero attached hydrogens (tertiary/aromatic N) is 3. The van der Waals surface area contributed by atoms with E-state index in [1.807, 2.05) is 19.9 Å². The summed E-state index contributed by atoms with van der Waals surface area (Å²) in [5, 5.41) is 6.02. The second-order valence-corrected chi connectivity index (χ2v) is 10.8. The molecule has 0 atom stereocenters. The fraction of sp³-hybridized carbons (Fsp3) is 0.452. The highest BCUT2D eigenvalue weighted by molar-refractivity contribution is 6.19. The van der Waals surface area contributed by atoms with Crippen molar-refractivity contribution in [3.05, 3.63) is 53.4 Å². The van der Waals surface area contributed by atoms with Crippen molar-refractivity contribution in [2.24, 2.45) is 11.8 Å². The molecular weight excluding hydrogens is 538 g/mol. The summed E-state index contributed by atoms with van der Waals surface area (Å²) in [6.07, 6.45) is 3.90. The van der Waals surface area contributed by atoms with Gasteiger partial charge in [-0.3, -0.25) is 19.2 Å². The predicted molar refractivity (Wildman–Crippen MR) is 159 cm³/mol. The van der Waals surface area contributed by atoms with E-state index in [-0.39, 0.29) is 41.0 Å². The summed E-state index contributed by atoms with van der Waals surface area (Å²) < 4.78 is 11.2. The van der Waals surface area contributed by atoms with Crippen molar-refractivity contribution in [2.45, 2.75) is 39.5 Å². The number of ether oxygens (including phenoxy) is 1. The molecule has 224 valence electrons. The first-order valence-electron chi connectivity index (χ1n) is 14.2. The summed E-state index contributed by atoms with van der Waals surface area (Å²) in [6, 6.07) is 8.49. The van der Waals surface area contributed by atoms with Crippen molar-refractivity contribution in [3.8, 4) is 0 Å². The third-order valence-electron chi connectivity index (χ3n) is 7.68. The number of rotatable bonds is 10. The molecule has 1 aliphatic carbocycles. The van der Waals surface area contributed by atoms with Crippen LogP contribution in [0.4, 0.5) is 11.5 Å². The lowest BCUT2D eigenvalue weighted by atomic mass is 9.81. The van der Waals surface area contributed by atoms with Crippen LogP contribution in [0.3, 0.4) is 0 Å². The van der Waals surface area contributed by atoms with Gasteiger partial charge in [0.2, 0.25) is 17.6 Å². The van der Waals surface area contributed by atoms with E-state index in [2.05, 4.69) is 15.6 Å². The van der Waals surface area contributed by atoms with Gasteiger partial charge in [-0.25, -0.2) is 4.98 Å². The SMILES string of the molecule is CCN(CCOC)C(=O)c1cccc2oc(C(=O)Nc3ccc(C)cn3)c(NC(=O)C3CCC(C(=O)N(C)C)CC3)c12. The van der Waals surface area contributed by atoms with Crippen molar-refractivity contribution in [1.29, 1.82) is 0 Å². The zero-order valence-electron chi connectivity index (χ0n) is 24.9. The molecule has 1 saturated carbocycles. The van der Waals surface area contributed by atoms with E-state index in [9.17, 15) is 19.2 Å². The third-order valence-corrected chi connectivity index (χ3v) is 7.68. The van der Waals surface area contributed by atoms with Crippen molar-refractivity contribution in [3.63, 3.8) is 0 Å². The number of carbonyl (C=O) groups excluding carboxylic acids is 4. The highest BCUT2D eigenvalue weighted by Crippen LogP contribution is 2.37. The Morgan fingerprint density at radius 1 is 1.02 bits per heavy atom. The minimum atomic E-state index is -0.608. The summed E-state index contributed by atoms with van der Waals surface area (Å²) in [5.74, 6) is -1.38. The molecule has 11 heteroatoms. The molecule has 4 amide bonds. The number of fused-ring (bicyclic) bond motifs is 1. The summed E-state index contributed by atoms with van der Waals surface area (Å²) in [5.41, 5.74) is 1.67. The van der Waals surface area contributed by atoms with Gasteiger partial charge >= 0.3 is 0 Å². The van der Waals surface area contributed by atoms with E-state index in [0.717, 1.165) is 5.56 Å². The molecule has 11 nitrogen and oxygen atoms in total. The molecule has 4 rings (SSSR count). The van der Waals surface area contributed by atoms with E-state index >= 15 is 0 Å².